The third-order valence-corrected chi connectivity index (χ3v) is 4.13. The first-order valence-electron chi connectivity index (χ1n) is 6.51. The molecule has 3 rings (SSSR count). The molecule has 0 aliphatic heterocycles. The summed E-state index contributed by atoms with van der Waals surface area (Å²) in [6.07, 6.45) is 0. The fraction of sp³-hybridized carbons (Fsp3) is 0.200. The van der Waals surface area contributed by atoms with Gasteiger partial charge in [-0.25, -0.2) is 0 Å². The van der Waals surface area contributed by atoms with Crippen LogP contribution in [0.1, 0.15) is 18.5 Å². The molecular formula is C15H14ClN3OS. The fourth-order valence-corrected chi connectivity index (χ4v) is 3.06. The predicted molar refractivity (Wildman–Crippen MR) is 86.7 cm³/mol. The first-order valence-corrected chi connectivity index (χ1v) is 7.30. The van der Waals surface area contributed by atoms with Crippen molar-refractivity contribution >= 4 is 35.0 Å². The van der Waals surface area contributed by atoms with Gasteiger partial charge < -0.3 is 9.72 Å². The zero-order valence-electron chi connectivity index (χ0n) is 11.6. The van der Waals surface area contributed by atoms with E-state index in [9.17, 15) is 0 Å². The van der Waals surface area contributed by atoms with Crippen LogP contribution in [0.3, 0.4) is 0 Å². The van der Waals surface area contributed by atoms with E-state index in [1.807, 2.05) is 41.8 Å². The minimum Gasteiger partial charge on any atom is -0.481 e. The summed E-state index contributed by atoms with van der Waals surface area (Å²) in [4.78, 5) is 7.66. The van der Waals surface area contributed by atoms with Gasteiger partial charge in [-0.05, 0) is 36.8 Å². The van der Waals surface area contributed by atoms with E-state index in [-0.39, 0.29) is 6.04 Å². The van der Waals surface area contributed by atoms with Crippen LogP contribution in [-0.2, 0) is 0 Å². The Balaban J connectivity index is 2.22. The maximum absolute atomic E-state index is 6.30. The van der Waals surface area contributed by atoms with Crippen molar-refractivity contribution in [3.05, 3.63) is 51.8 Å². The molecule has 0 saturated carbocycles. The van der Waals surface area contributed by atoms with Crippen molar-refractivity contribution in [1.82, 2.24) is 14.5 Å². The van der Waals surface area contributed by atoms with E-state index >= 15 is 0 Å². The number of methoxy groups -OCH3 is 1. The average Bonchev–Trinajstić information content (AvgIpc) is 2.81. The molecule has 0 saturated heterocycles. The second-order valence-corrected chi connectivity index (χ2v) is 5.52. The number of aromatic nitrogens is 3. The first kappa shape index (κ1) is 14.1. The van der Waals surface area contributed by atoms with Gasteiger partial charge in [-0.1, -0.05) is 29.8 Å². The molecule has 0 fully saturated rings. The Morgan fingerprint density at radius 1 is 1.29 bits per heavy atom. The largest absolute Gasteiger partial charge is 0.481 e. The van der Waals surface area contributed by atoms with Crippen LogP contribution >= 0.6 is 23.8 Å². The van der Waals surface area contributed by atoms with Crippen molar-refractivity contribution in [1.29, 1.82) is 0 Å². The van der Waals surface area contributed by atoms with E-state index in [4.69, 9.17) is 28.6 Å². The van der Waals surface area contributed by atoms with E-state index in [1.54, 1.807) is 13.2 Å². The van der Waals surface area contributed by atoms with Crippen LogP contribution in [0.25, 0.3) is 11.2 Å². The zero-order chi connectivity index (χ0) is 15.0. The Morgan fingerprint density at radius 2 is 2.05 bits per heavy atom. The Kier molecular flexibility index (Phi) is 3.69. The molecule has 2 aromatic heterocycles. The molecule has 1 N–H and O–H groups in total. The lowest BCUT2D eigenvalue weighted by Gasteiger charge is -2.16. The molecule has 0 bridgehead atoms. The average molecular weight is 320 g/mol. The molecule has 3 aromatic rings. The van der Waals surface area contributed by atoms with Gasteiger partial charge in [0, 0.05) is 11.1 Å². The molecular weight excluding hydrogens is 306 g/mol. The van der Waals surface area contributed by atoms with Gasteiger partial charge in [0.2, 0.25) is 5.88 Å². The van der Waals surface area contributed by atoms with Crippen molar-refractivity contribution in [2.75, 3.05) is 7.11 Å². The van der Waals surface area contributed by atoms with Crippen molar-refractivity contribution in [2.24, 2.45) is 0 Å². The van der Waals surface area contributed by atoms with Crippen LogP contribution in [0.4, 0.5) is 0 Å². The highest BCUT2D eigenvalue weighted by molar-refractivity contribution is 7.71. The van der Waals surface area contributed by atoms with E-state index < -0.39 is 0 Å². The lowest BCUT2D eigenvalue weighted by atomic mass is 10.1. The summed E-state index contributed by atoms with van der Waals surface area (Å²) in [7, 11) is 1.59. The fourth-order valence-electron chi connectivity index (χ4n) is 2.41. The minimum absolute atomic E-state index is 0.0282. The number of benzene rings is 1. The number of halogens is 1. The molecule has 4 nitrogen and oxygen atoms in total. The molecule has 0 amide bonds. The molecule has 0 aliphatic rings. The Labute approximate surface area is 132 Å². The Bertz CT molecular complexity index is 855. The van der Waals surface area contributed by atoms with Crippen LogP contribution in [0, 0.1) is 4.77 Å². The van der Waals surface area contributed by atoms with Crippen LogP contribution in [-0.4, -0.2) is 21.6 Å². The first-order chi connectivity index (χ1) is 10.1. The van der Waals surface area contributed by atoms with Crippen LogP contribution in [0.5, 0.6) is 5.88 Å². The van der Waals surface area contributed by atoms with E-state index in [0.29, 0.717) is 15.7 Å². The highest BCUT2D eigenvalue weighted by Gasteiger charge is 2.16. The van der Waals surface area contributed by atoms with E-state index in [0.717, 1.165) is 16.7 Å². The second kappa shape index (κ2) is 5.50. The van der Waals surface area contributed by atoms with Crippen molar-refractivity contribution < 1.29 is 4.74 Å². The Morgan fingerprint density at radius 3 is 2.76 bits per heavy atom. The summed E-state index contributed by atoms with van der Waals surface area (Å²) in [5, 5.41) is 0.712. The van der Waals surface area contributed by atoms with Crippen molar-refractivity contribution in [3.63, 3.8) is 0 Å². The maximum Gasteiger partial charge on any atom is 0.215 e. The third-order valence-electron chi connectivity index (χ3n) is 3.49. The smallest absolute Gasteiger partial charge is 0.215 e. The molecule has 1 atom stereocenters. The molecule has 1 unspecified atom stereocenters. The summed E-state index contributed by atoms with van der Waals surface area (Å²) >= 11 is 11.7. The lowest BCUT2D eigenvalue weighted by molar-refractivity contribution is 0.398. The number of hydrogen-bond donors (Lipinski definition) is 1. The monoisotopic (exact) mass is 319 g/mol. The van der Waals surface area contributed by atoms with Crippen molar-refractivity contribution in [3.8, 4) is 5.88 Å². The number of pyridine rings is 1. The molecule has 0 radical (unpaired) electrons. The molecule has 0 aliphatic carbocycles. The third kappa shape index (κ3) is 2.43. The van der Waals surface area contributed by atoms with Gasteiger partial charge in [-0.2, -0.15) is 4.98 Å². The molecule has 1 aromatic carbocycles. The normalized spacial score (nSPS) is 12.5. The zero-order valence-corrected chi connectivity index (χ0v) is 13.2. The summed E-state index contributed by atoms with van der Waals surface area (Å²) < 4.78 is 7.76. The topological polar surface area (TPSA) is 42.8 Å². The number of H-pyrrole nitrogens is 1. The van der Waals surface area contributed by atoms with E-state index in [1.165, 1.54) is 0 Å². The maximum atomic E-state index is 6.30. The molecule has 6 heteroatoms. The second-order valence-electron chi connectivity index (χ2n) is 4.72. The standard InChI is InChI=1S/C15H14ClN3OS/c1-9(10-5-3-4-6-11(10)16)19-14-12(17-15(19)21)7-8-13(18-14)20-2/h3-9H,1-2H3,(H,17,21). The van der Waals surface area contributed by atoms with Gasteiger partial charge in [0.05, 0.1) is 18.7 Å². The van der Waals surface area contributed by atoms with E-state index in [2.05, 4.69) is 9.97 Å². The van der Waals surface area contributed by atoms with Gasteiger partial charge in [0.15, 0.2) is 10.4 Å². The molecule has 21 heavy (non-hydrogen) atoms. The Hall–Kier alpha value is -1.85. The number of nitrogens with one attached hydrogen (secondary N) is 1. The highest BCUT2D eigenvalue weighted by atomic mass is 35.5. The summed E-state index contributed by atoms with van der Waals surface area (Å²) in [6.45, 7) is 2.05. The quantitative estimate of drug-likeness (QED) is 0.729. The number of hydrogen-bond acceptors (Lipinski definition) is 3. The highest BCUT2D eigenvalue weighted by Crippen LogP contribution is 2.29. The summed E-state index contributed by atoms with van der Waals surface area (Å²) in [5.41, 5.74) is 2.63. The van der Waals surface area contributed by atoms with Gasteiger partial charge in [0.25, 0.3) is 0 Å². The predicted octanol–water partition coefficient (Wildman–Crippen LogP) is 4.37. The number of ether oxygens (including phenoxy) is 1. The number of nitrogens with zero attached hydrogens (tertiary/aromatic N) is 2. The lowest BCUT2D eigenvalue weighted by Crippen LogP contribution is -2.08. The molecule has 0 spiro atoms. The van der Waals surface area contributed by atoms with Gasteiger partial charge in [0.1, 0.15) is 0 Å². The van der Waals surface area contributed by atoms with Gasteiger partial charge in [-0.3, -0.25) is 4.57 Å². The minimum atomic E-state index is -0.0282. The summed E-state index contributed by atoms with van der Waals surface area (Å²) in [5.74, 6) is 0.552. The summed E-state index contributed by atoms with van der Waals surface area (Å²) in [6, 6.07) is 11.4. The van der Waals surface area contributed by atoms with Crippen LogP contribution in [0.2, 0.25) is 5.02 Å². The molecule has 108 valence electrons. The molecule has 2 heterocycles. The van der Waals surface area contributed by atoms with Gasteiger partial charge in [-0.15, -0.1) is 0 Å². The number of fused-ring (bicyclic) bond motifs is 1. The van der Waals surface area contributed by atoms with Crippen molar-refractivity contribution in [2.45, 2.75) is 13.0 Å². The van der Waals surface area contributed by atoms with Crippen LogP contribution in [0.15, 0.2) is 36.4 Å². The number of aromatic amines is 1. The SMILES string of the molecule is COc1ccc2[nH]c(=S)n(C(C)c3ccccc3Cl)c2n1. The number of imidazole rings is 1. The van der Waals surface area contributed by atoms with Gasteiger partial charge >= 0.3 is 0 Å². The number of rotatable bonds is 3. The van der Waals surface area contributed by atoms with Crippen LogP contribution < -0.4 is 4.74 Å².